The van der Waals surface area contributed by atoms with Crippen LogP contribution in [0.25, 0.3) is 0 Å². The zero-order chi connectivity index (χ0) is 9.97. The Morgan fingerprint density at radius 3 is 2.93 bits per heavy atom. The molecule has 0 amide bonds. The van der Waals surface area contributed by atoms with E-state index in [0.29, 0.717) is 12.2 Å². The lowest BCUT2D eigenvalue weighted by molar-refractivity contribution is 0.519. The standard InChI is InChI=1S/C10H9BrN2O/c11-8-3-5-14-9(8)6-7-2-1-4-13-10(7)12/h1-5H,6H2,(H2,12,13). The number of rotatable bonds is 2. The predicted octanol–water partition coefficient (Wildman–Crippen LogP) is 2.61. The third-order valence-corrected chi connectivity index (χ3v) is 2.67. The number of aromatic nitrogens is 1. The topological polar surface area (TPSA) is 52.0 Å². The largest absolute Gasteiger partial charge is 0.468 e. The first-order valence-corrected chi connectivity index (χ1v) is 4.98. The Hall–Kier alpha value is -1.29. The number of furan rings is 1. The molecule has 2 N–H and O–H groups in total. The fourth-order valence-electron chi connectivity index (χ4n) is 1.22. The van der Waals surface area contributed by atoms with Gasteiger partial charge in [-0.2, -0.15) is 0 Å². The van der Waals surface area contributed by atoms with Crippen molar-refractivity contribution in [2.24, 2.45) is 0 Å². The minimum atomic E-state index is 0.552. The van der Waals surface area contributed by atoms with Crippen LogP contribution in [0.15, 0.2) is 39.5 Å². The van der Waals surface area contributed by atoms with Gasteiger partial charge in [0.25, 0.3) is 0 Å². The van der Waals surface area contributed by atoms with Gasteiger partial charge in [-0.1, -0.05) is 6.07 Å². The molecule has 0 atom stereocenters. The quantitative estimate of drug-likeness (QED) is 0.894. The lowest BCUT2D eigenvalue weighted by Gasteiger charge is -2.01. The van der Waals surface area contributed by atoms with Crippen LogP contribution >= 0.6 is 15.9 Å². The summed E-state index contributed by atoms with van der Waals surface area (Å²) in [5, 5.41) is 0. The van der Waals surface area contributed by atoms with E-state index < -0.39 is 0 Å². The van der Waals surface area contributed by atoms with Gasteiger partial charge in [-0.15, -0.1) is 0 Å². The average molecular weight is 253 g/mol. The molecule has 72 valence electrons. The number of halogens is 1. The first-order chi connectivity index (χ1) is 6.77. The van der Waals surface area contributed by atoms with Crippen LogP contribution in [-0.4, -0.2) is 4.98 Å². The molecule has 2 aromatic heterocycles. The summed E-state index contributed by atoms with van der Waals surface area (Å²) in [6.07, 6.45) is 3.98. The number of nitrogen functional groups attached to an aromatic ring is 1. The average Bonchev–Trinajstić information content (AvgIpc) is 2.56. The molecule has 0 aliphatic rings. The Labute approximate surface area is 90.1 Å². The maximum absolute atomic E-state index is 5.72. The molecule has 0 bridgehead atoms. The van der Waals surface area contributed by atoms with Crippen LogP contribution in [0.3, 0.4) is 0 Å². The molecule has 0 spiro atoms. The summed E-state index contributed by atoms with van der Waals surface area (Å²) in [5.74, 6) is 1.42. The van der Waals surface area contributed by atoms with E-state index in [2.05, 4.69) is 20.9 Å². The van der Waals surface area contributed by atoms with Gasteiger partial charge in [0.2, 0.25) is 0 Å². The molecule has 0 aromatic carbocycles. The summed E-state index contributed by atoms with van der Waals surface area (Å²) in [6.45, 7) is 0. The third kappa shape index (κ3) is 1.80. The fourth-order valence-corrected chi connectivity index (χ4v) is 1.57. The van der Waals surface area contributed by atoms with Crippen LogP contribution in [0.2, 0.25) is 0 Å². The second-order valence-electron chi connectivity index (χ2n) is 2.92. The van der Waals surface area contributed by atoms with Gasteiger partial charge in [0.15, 0.2) is 0 Å². The van der Waals surface area contributed by atoms with Gasteiger partial charge in [-0.05, 0) is 28.1 Å². The van der Waals surface area contributed by atoms with Crippen LogP contribution in [0.5, 0.6) is 0 Å². The van der Waals surface area contributed by atoms with Crippen molar-refractivity contribution in [3.05, 3.63) is 46.5 Å². The highest BCUT2D eigenvalue weighted by atomic mass is 79.9. The highest BCUT2D eigenvalue weighted by Crippen LogP contribution is 2.22. The number of nitrogens with two attached hydrogens (primary N) is 1. The summed E-state index contributed by atoms with van der Waals surface area (Å²) in [6, 6.07) is 5.67. The number of hydrogen-bond acceptors (Lipinski definition) is 3. The van der Waals surface area contributed by atoms with E-state index in [1.807, 2.05) is 18.2 Å². The van der Waals surface area contributed by atoms with E-state index in [9.17, 15) is 0 Å². The monoisotopic (exact) mass is 252 g/mol. The molecule has 0 saturated heterocycles. The van der Waals surface area contributed by atoms with E-state index in [1.165, 1.54) is 0 Å². The molecule has 3 nitrogen and oxygen atoms in total. The van der Waals surface area contributed by atoms with Crippen molar-refractivity contribution in [1.29, 1.82) is 0 Å². The zero-order valence-electron chi connectivity index (χ0n) is 7.40. The Bertz CT molecular complexity index is 439. The van der Waals surface area contributed by atoms with Gasteiger partial charge in [0.1, 0.15) is 11.6 Å². The van der Waals surface area contributed by atoms with Crippen molar-refractivity contribution < 1.29 is 4.42 Å². The molecule has 0 aliphatic heterocycles. The molecule has 2 aromatic rings. The lowest BCUT2D eigenvalue weighted by Crippen LogP contribution is -1.97. The van der Waals surface area contributed by atoms with Crippen LogP contribution in [0, 0.1) is 0 Å². The number of anilines is 1. The van der Waals surface area contributed by atoms with E-state index in [-0.39, 0.29) is 0 Å². The highest BCUT2D eigenvalue weighted by Gasteiger charge is 2.06. The Balaban J connectivity index is 2.28. The number of pyridine rings is 1. The molecule has 14 heavy (non-hydrogen) atoms. The van der Waals surface area contributed by atoms with Crippen molar-refractivity contribution in [1.82, 2.24) is 4.98 Å². The molecular weight excluding hydrogens is 244 g/mol. The highest BCUT2D eigenvalue weighted by molar-refractivity contribution is 9.10. The van der Waals surface area contributed by atoms with E-state index in [0.717, 1.165) is 15.8 Å². The van der Waals surface area contributed by atoms with Crippen molar-refractivity contribution >= 4 is 21.7 Å². The van der Waals surface area contributed by atoms with Gasteiger partial charge >= 0.3 is 0 Å². The predicted molar refractivity (Wildman–Crippen MR) is 57.9 cm³/mol. The summed E-state index contributed by atoms with van der Waals surface area (Å²) in [7, 11) is 0. The van der Waals surface area contributed by atoms with Crippen LogP contribution in [0.4, 0.5) is 5.82 Å². The SMILES string of the molecule is Nc1ncccc1Cc1occc1Br. The van der Waals surface area contributed by atoms with Crippen molar-refractivity contribution in [2.75, 3.05) is 5.73 Å². The van der Waals surface area contributed by atoms with Gasteiger partial charge < -0.3 is 10.2 Å². The minimum absolute atomic E-state index is 0.552. The summed E-state index contributed by atoms with van der Waals surface area (Å²) < 4.78 is 6.25. The Morgan fingerprint density at radius 2 is 2.29 bits per heavy atom. The second kappa shape index (κ2) is 3.84. The molecule has 2 heterocycles. The fraction of sp³-hybridized carbons (Fsp3) is 0.100. The van der Waals surface area contributed by atoms with E-state index in [1.54, 1.807) is 12.5 Å². The third-order valence-electron chi connectivity index (χ3n) is 1.97. The minimum Gasteiger partial charge on any atom is -0.468 e. The summed E-state index contributed by atoms with van der Waals surface area (Å²) in [4.78, 5) is 4.01. The van der Waals surface area contributed by atoms with Crippen molar-refractivity contribution in [2.45, 2.75) is 6.42 Å². The maximum Gasteiger partial charge on any atom is 0.126 e. The van der Waals surface area contributed by atoms with Gasteiger partial charge in [0, 0.05) is 18.2 Å². The first kappa shape index (κ1) is 9.27. The molecule has 4 heteroatoms. The van der Waals surface area contributed by atoms with Gasteiger partial charge in [-0.25, -0.2) is 4.98 Å². The van der Waals surface area contributed by atoms with Gasteiger partial charge in [-0.3, -0.25) is 0 Å². The first-order valence-electron chi connectivity index (χ1n) is 4.18. The Kier molecular flexibility index (Phi) is 2.54. The molecule has 0 radical (unpaired) electrons. The van der Waals surface area contributed by atoms with Crippen molar-refractivity contribution in [3.8, 4) is 0 Å². The van der Waals surface area contributed by atoms with Gasteiger partial charge in [0.05, 0.1) is 10.7 Å². The summed E-state index contributed by atoms with van der Waals surface area (Å²) >= 11 is 3.39. The normalized spacial score (nSPS) is 10.4. The van der Waals surface area contributed by atoms with E-state index >= 15 is 0 Å². The smallest absolute Gasteiger partial charge is 0.126 e. The second-order valence-corrected chi connectivity index (χ2v) is 3.77. The Morgan fingerprint density at radius 1 is 1.43 bits per heavy atom. The van der Waals surface area contributed by atoms with Crippen molar-refractivity contribution in [3.63, 3.8) is 0 Å². The van der Waals surface area contributed by atoms with Crippen LogP contribution < -0.4 is 5.73 Å². The molecule has 0 unspecified atom stereocenters. The molecule has 0 aliphatic carbocycles. The molecule has 0 fully saturated rings. The maximum atomic E-state index is 5.72. The van der Waals surface area contributed by atoms with Crippen LogP contribution in [-0.2, 0) is 6.42 Å². The number of nitrogens with zero attached hydrogens (tertiary/aromatic N) is 1. The summed E-state index contributed by atoms with van der Waals surface area (Å²) in [5.41, 5.74) is 6.69. The lowest BCUT2D eigenvalue weighted by atomic mass is 10.1. The molecule has 2 rings (SSSR count). The van der Waals surface area contributed by atoms with E-state index in [4.69, 9.17) is 10.2 Å². The van der Waals surface area contributed by atoms with Crippen LogP contribution in [0.1, 0.15) is 11.3 Å². The molecular formula is C10H9BrN2O. The zero-order valence-corrected chi connectivity index (χ0v) is 8.99. The number of hydrogen-bond donors (Lipinski definition) is 1. The molecule has 0 saturated carbocycles.